The summed E-state index contributed by atoms with van der Waals surface area (Å²) in [6, 6.07) is 8.17. The van der Waals surface area contributed by atoms with E-state index in [0.29, 0.717) is 5.92 Å². The van der Waals surface area contributed by atoms with Crippen LogP contribution in [0.15, 0.2) is 28.7 Å². The zero-order valence-electron chi connectivity index (χ0n) is 13.2. The van der Waals surface area contributed by atoms with Gasteiger partial charge in [0.2, 0.25) is 5.91 Å². The zero-order chi connectivity index (χ0) is 15.4. The Balaban J connectivity index is 2.11. The highest BCUT2D eigenvalue weighted by molar-refractivity contribution is 9.10. The third-order valence-corrected chi connectivity index (χ3v) is 4.82. The lowest BCUT2D eigenvalue weighted by Crippen LogP contribution is -2.50. The molecule has 1 unspecified atom stereocenters. The molecule has 4 heteroatoms. The first-order chi connectivity index (χ1) is 10.0. The van der Waals surface area contributed by atoms with Gasteiger partial charge in [0.05, 0.1) is 5.92 Å². The van der Waals surface area contributed by atoms with E-state index in [1.54, 1.807) is 0 Å². The highest BCUT2D eigenvalue weighted by Gasteiger charge is 2.30. The second-order valence-corrected chi connectivity index (χ2v) is 6.95. The second-order valence-electron chi connectivity index (χ2n) is 6.03. The molecule has 0 aliphatic carbocycles. The van der Waals surface area contributed by atoms with Crippen molar-refractivity contribution in [1.29, 1.82) is 0 Å². The number of carbonyl (C=O) groups is 1. The molecule has 0 spiro atoms. The quantitative estimate of drug-likeness (QED) is 0.829. The lowest BCUT2D eigenvalue weighted by atomic mass is 9.87. The Labute approximate surface area is 136 Å². The molecule has 1 aromatic carbocycles. The Morgan fingerprint density at radius 1 is 1.14 bits per heavy atom. The summed E-state index contributed by atoms with van der Waals surface area (Å²) in [6.45, 7) is 11.2. The standard InChI is InChI=1S/C17H25BrN2O/c1-4-19-9-11-20(12-10-19)17(21)16(13(2)3)14-5-7-15(18)8-6-14/h5-8,13,16H,4,9-12H2,1-3H3. The molecule has 0 N–H and O–H groups in total. The third kappa shape index (κ3) is 4.07. The summed E-state index contributed by atoms with van der Waals surface area (Å²) in [5.41, 5.74) is 1.12. The topological polar surface area (TPSA) is 23.6 Å². The average molecular weight is 353 g/mol. The smallest absolute Gasteiger partial charge is 0.230 e. The van der Waals surface area contributed by atoms with Gasteiger partial charge in [0.1, 0.15) is 0 Å². The molecule has 1 aromatic rings. The molecule has 1 aliphatic rings. The summed E-state index contributed by atoms with van der Waals surface area (Å²) in [5, 5.41) is 0. The van der Waals surface area contributed by atoms with E-state index in [9.17, 15) is 4.79 Å². The Bertz CT molecular complexity index is 464. The van der Waals surface area contributed by atoms with Crippen molar-refractivity contribution in [3.63, 3.8) is 0 Å². The molecule has 116 valence electrons. The molecular formula is C17H25BrN2O. The fourth-order valence-electron chi connectivity index (χ4n) is 2.96. The first kappa shape index (κ1) is 16.5. The van der Waals surface area contributed by atoms with Gasteiger partial charge in [0.25, 0.3) is 0 Å². The van der Waals surface area contributed by atoms with Crippen molar-refractivity contribution in [2.75, 3.05) is 32.7 Å². The van der Waals surface area contributed by atoms with Crippen LogP contribution in [0.5, 0.6) is 0 Å². The molecular weight excluding hydrogens is 328 g/mol. The van der Waals surface area contributed by atoms with Gasteiger partial charge in [-0.2, -0.15) is 0 Å². The summed E-state index contributed by atoms with van der Waals surface area (Å²) in [4.78, 5) is 17.4. The number of rotatable bonds is 4. The van der Waals surface area contributed by atoms with Crippen LogP contribution in [-0.4, -0.2) is 48.4 Å². The van der Waals surface area contributed by atoms with Crippen molar-refractivity contribution in [2.45, 2.75) is 26.7 Å². The molecule has 0 aromatic heterocycles. The zero-order valence-corrected chi connectivity index (χ0v) is 14.8. The Hall–Kier alpha value is -0.870. The number of carbonyl (C=O) groups excluding carboxylic acids is 1. The Morgan fingerprint density at radius 3 is 2.19 bits per heavy atom. The van der Waals surface area contributed by atoms with E-state index in [-0.39, 0.29) is 11.8 Å². The van der Waals surface area contributed by atoms with Gasteiger partial charge in [-0.15, -0.1) is 0 Å². The van der Waals surface area contributed by atoms with E-state index >= 15 is 0 Å². The van der Waals surface area contributed by atoms with Crippen LogP contribution < -0.4 is 0 Å². The van der Waals surface area contributed by atoms with E-state index in [1.807, 2.05) is 17.0 Å². The molecule has 0 radical (unpaired) electrons. The fraction of sp³-hybridized carbons (Fsp3) is 0.588. The minimum absolute atomic E-state index is 0.0359. The lowest BCUT2D eigenvalue weighted by molar-refractivity contribution is -0.135. The van der Waals surface area contributed by atoms with Crippen LogP contribution in [0.2, 0.25) is 0 Å². The highest BCUT2D eigenvalue weighted by Crippen LogP contribution is 2.28. The second kappa shape index (κ2) is 7.41. The normalized spacial score (nSPS) is 18.0. The van der Waals surface area contributed by atoms with E-state index in [0.717, 1.165) is 42.8 Å². The fourth-order valence-corrected chi connectivity index (χ4v) is 3.23. The lowest BCUT2D eigenvalue weighted by Gasteiger charge is -2.36. The maximum absolute atomic E-state index is 12.9. The largest absolute Gasteiger partial charge is 0.340 e. The Morgan fingerprint density at radius 2 is 1.71 bits per heavy atom. The summed E-state index contributed by atoms with van der Waals surface area (Å²) < 4.78 is 1.05. The van der Waals surface area contributed by atoms with Gasteiger partial charge < -0.3 is 9.80 Å². The molecule has 0 bridgehead atoms. The van der Waals surface area contributed by atoms with Crippen molar-refractivity contribution in [1.82, 2.24) is 9.80 Å². The first-order valence-electron chi connectivity index (χ1n) is 7.79. The van der Waals surface area contributed by atoms with Crippen molar-refractivity contribution >= 4 is 21.8 Å². The molecule has 2 rings (SSSR count). The average Bonchev–Trinajstić information content (AvgIpc) is 2.49. The summed E-state index contributed by atoms with van der Waals surface area (Å²) in [6.07, 6.45) is 0. The Kier molecular flexibility index (Phi) is 5.82. The van der Waals surface area contributed by atoms with Gasteiger partial charge in [-0.1, -0.05) is 48.8 Å². The molecule has 0 saturated carbocycles. The van der Waals surface area contributed by atoms with Crippen molar-refractivity contribution in [2.24, 2.45) is 5.92 Å². The summed E-state index contributed by atoms with van der Waals surface area (Å²) in [7, 11) is 0. The van der Waals surface area contributed by atoms with E-state index < -0.39 is 0 Å². The van der Waals surface area contributed by atoms with Gasteiger partial charge in [0.15, 0.2) is 0 Å². The van der Waals surface area contributed by atoms with E-state index in [4.69, 9.17) is 0 Å². The SMILES string of the molecule is CCN1CCN(C(=O)C(c2ccc(Br)cc2)C(C)C)CC1. The van der Waals surface area contributed by atoms with Gasteiger partial charge in [0, 0.05) is 30.7 Å². The molecule has 21 heavy (non-hydrogen) atoms. The monoisotopic (exact) mass is 352 g/mol. The molecule has 1 amide bonds. The number of hydrogen-bond acceptors (Lipinski definition) is 2. The van der Waals surface area contributed by atoms with Crippen LogP contribution in [0.3, 0.4) is 0 Å². The first-order valence-corrected chi connectivity index (χ1v) is 8.58. The third-order valence-electron chi connectivity index (χ3n) is 4.29. The minimum atomic E-state index is -0.0359. The highest BCUT2D eigenvalue weighted by atomic mass is 79.9. The molecule has 1 heterocycles. The van der Waals surface area contributed by atoms with Crippen molar-refractivity contribution < 1.29 is 4.79 Å². The van der Waals surface area contributed by atoms with Crippen LogP contribution in [0.25, 0.3) is 0 Å². The van der Waals surface area contributed by atoms with Gasteiger partial charge in [-0.3, -0.25) is 4.79 Å². The number of benzene rings is 1. The molecule has 1 fully saturated rings. The number of halogens is 1. The van der Waals surface area contributed by atoms with E-state index in [1.165, 1.54) is 0 Å². The van der Waals surface area contributed by atoms with Crippen molar-refractivity contribution in [3.05, 3.63) is 34.3 Å². The molecule has 3 nitrogen and oxygen atoms in total. The molecule has 1 saturated heterocycles. The van der Waals surface area contributed by atoms with Crippen LogP contribution >= 0.6 is 15.9 Å². The van der Waals surface area contributed by atoms with Crippen LogP contribution in [-0.2, 0) is 4.79 Å². The predicted molar refractivity (Wildman–Crippen MR) is 90.4 cm³/mol. The summed E-state index contributed by atoms with van der Waals surface area (Å²) >= 11 is 3.46. The number of amides is 1. The number of likely N-dealkylation sites (N-methyl/N-ethyl adjacent to an activating group) is 1. The summed E-state index contributed by atoms with van der Waals surface area (Å²) in [5.74, 6) is 0.553. The maximum Gasteiger partial charge on any atom is 0.230 e. The number of hydrogen-bond donors (Lipinski definition) is 0. The van der Waals surface area contributed by atoms with Gasteiger partial charge >= 0.3 is 0 Å². The minimum Gasteiger partial charge on any atom is -0.340 e. The van der Waals surface area contributed by atoms with Crippen LogP contribution in [0.1, 0.15) is 32.3 Å². The molecule has 1 atom stereocenters. The van der Waals surface area contributed by atoms with Crippen LogP contribution in [0, 0.1) is 5.92 Å². The van der Waals surface area contributed by atoms with E-state index in [2.05, 4.69) is 53.7 Å². The van der Waals surface area contributed by atoms with Crippen molar-refractivity contribution in [3.8, 4) is 0 Å². The van der Waals surface area contributed by atoms with Crippen LogP contribution in [0.4, 0.5) is 0 Å². The van der Waals surface area contributed by atoms with Gasteiger partial charge in [-0.05, 0) is 30.2 Å². The number of nitrogens with zero attached hydrogens (tertiary/aromatic N) is 2. The molecule has 1 aliphatic heterocycles. The van der Waals surface area contributed by atoms with Gasteiger partial charge in [-0.25, -0.2) is 0 Å². The number of piperazine rings is 1. The maximum atomic E-state index is 12.9. The predicted octanol–water partition coefficient (Wildman–Crippen LogP) is 3.35.